The quantitative estimate of drug-likeness (QED) is 0.694. The molecule has 0 unspecified atom stereocenters. The van der Waals surface area contributed by atoms with Crippen LogP contribution in [0.15, 0.2) is 54.6 Å². The minimum atomic E-state index is -0.226. The molecule has 0 saturated carbocycles. The Morgan fingerprint density at radius 3 is 2.46 bits per heavy atom. The Morgan fingerprint density at radius 2 is 1.79 bits per heavy atom. The van der Waals surface area contributed by atoms with E-state index in [0.717, 1.165) is 16.9 Å². The van der Waals surface area contributed by atoms with E-state index in [-0.39, 0.29) is 17.9 Å². The Kier molecular flexibility index (Phi) is 5.54. The van der Waals surface area contributed by atoms with Crippen LogP contribution in [-0.2, 0) is 10.2 Å². The maximum Gasteiger partial charge on any atom is 0.263 e. The number of aryl methyl sites for hydroxylation is 1. The van der Waals surface area contributed by atoms with Gasteiger partial charge >= 0.3 is 0 Å². The van der Waals surface area contributed by atoms with Crippen LogP contribution in [0.4, 0.5) is 5.82 Å². The zero-order chi connectivity index (χ0) is 20.3. The largest absolute Gasteiger partial charge is 0.484 e. The van der Waals surface area contributed by atoms with Crippen molar-refractivity contribution in [1.29, 1.82) is 0 Å². The summed E-state index contributed by atoms with van der Waals surface area (Å²) in [6.45, 7) is 10.4. The third kappa shape index (κ3) is 4.42. The molecule has 0 bridgehead atoms. The van der Waals surface area contributed by atoms with E-state index >= 15 is 0 Å². The van der Waals surface area contributed by atoms with Crippen LogP contribution in [0, 0.1) is 13.8 Å². The highest BCUT2D eigenvalue weighted by Crippen LogP contribution is 2.28. The third-order valence-corrected chi connectivity index (χ3v) is 4.66. The Bertz CT molecular complexity index is 969. The molecule has 5 heteroatoms. The zero-order valence-corrected chi connectivity index (χ0v) is 17.1. The van der Waals surface area contributed by atoms with Crippen LogP contribution in [0.1, 0.15) is 37.6 Å². The van der Waals surface area contributed by atoms with Gasteiger partial charge in [0.1, 0.15) is 11.6 Å². The number of nitrogens with zero attached hydrogens (tertiary/aromatic N) is 2. The first-order chi connectivity index (χ1) is 13.3. The lowest BCUT2D eigenvalue weighted by molar-refractivity contribution is -0.118. The van der Waals surface area contributed by atoms with E-state index < -0.39 is 0 Å². The summed E-state index contributed by atoms with van der Waals surface area (Å²) in [5.74, 6) is 1.08. The monoisotopic (exact) mass is 377 g/mol. The second kappa shape index (κ2) is 7.89. The number of rotatable bonds is 5. The fraction of sp³-hybridized carbons (Fsp3) is 0.304. The van der Waals surface area contributed by atoms with Crippen molar-refractivity contribution in [3.8, 4) is 11.4 Å². The summed E-state index contributed by atoms with van der Waals surface area (Å²) >= 11 is 0. The zero-order valence-electron chi connectivity index (χ0n) is 17.1. The van der Waals surface area contributed by atoms with E-state index in [1.54, 1.807) is 0 Å². The van der Waals surface area contributed by atoms with E-state index in [0.29, 0.717) is 11.6 Å². The van der Waals surface area contributed by atoms with Crippen LogP contribution < -0.4 is 10.1 Å². The number of nitrogens with one attached hydrogen (secondary N) is 1. The molecule has 146 valence electrons. The van der Waals surface area contributed by atoms with Crippen LogP contribution in [0.3, 0.4) is 0 Å². The molecule has 3 rings (SSSR count). The molecule has 0 saturated heterocycles. The molecule has 1 heterocycles. The van der Waals surface area contributed by atoms with E-state index in [1.165, 1.54) is 5.56 Å². The molecule has 5 nitrogen and oxygen atoms in total. The molecule has 1 N–H and O–H groups in total. The first-order valence-electron chi connectivity index (χ1n) is 9.40. The third-order valence-electron chi connectivity index (χ3n) is 4.66. The molecule has 1 aromatic heterocycles. The van der Waals surface area contributed by atoms with Gasteiger partial charge in [0.25, 0.3) is 5.91 Å². The average Bonchev–Trinajstić information content (AvgIpc) is 3.07. The number of anilines is 1. The van der Waals surface area contributed by atoms with Gasteiger partial charge in [0.05, 0.1) is 11.4 Å². The lowest BCUT2D eigenvalue weighted by Crippen LogP contribution is -2.22. The highest BCUT2D eigenvalue weighted by molar-refractivity contribution is 5.91. The molecule has 28 heavy (non-hydrogen) atoms. The minimum absolute atomic E-state index is 0.0627. The molecule has 0 fully saturated rings. The van der Waals surface area contributed by atoms with Crippen molar-refractivity contribution in [1.82, 2.24) is 9.78 Å². The lowest BCUT2D eigenvalue weighted by atomic mass is 9.92. The van der Waals surface area contributed by atoms with Gasteiger partial charge in [-0.05, 0) is 43.2 Å². The lowest BCUT2D eigenvalue weighted by Gasteiger charge is -2.15. The summed E-state index contributed by atoms with van der Waals surface area (Å²) in [7, 11) is 0. The van der Waals surface area contributed by atoms with Crippen LogP contribution in [-0.4, -0.2) is 22.3 Å². The van der Waals surface area contributed by atoms with Crippen LogP contribution in [0.2, 0.25) is 0 Å². The first kappa shape index (κ1) is 19.7. The van der Waals surface area contributed by atoms with E-state index in [1.807, 2.05) is 53.2 Å². The molecule has 0 aliphatic rings. The normalized spacial score (nSPS) is 11.3. The number of carbonyl (C=O) groups excluding carboxylic acids is 1. The minimum Gasteiger partial charge on any atom is -0.484 e. The Labute approximate surface area is 166 Å². The Balaban J connectivity index is 1.88. The summed E-state index contributed by atoms with van der Waals surface area (Å²) < 4.78 is 7.37. The second-order valence-corrected chi connectivity index (χ2v) is 7.95. The van der Waals surface area contributed by atoms with Gasteiger partial charge in [-0.2, -0.15) is 5.10 Å². The molecule has 0 aliphatic carbocycles. The van der Waals surface area contributed by atoms with Crippen molar-refractivity contribution in [3.63, 3.8) is 0 Å². The number of hydrogen-bond acceptors (Lipinski definition) is 3. The molecule has 0 radical (unpaired) electrons. The highest BCUT2D eigenvalue weighted by atomic mass is 16.5. The molecule has 2 aromatic carbocycles. The number of para-hydroxylation sites is 1. The van der Waals surface area contributed by atoms with Crippen molar-refractivity contribution < 1.29 is 9.53 Å². The smallest absolute Gasteiger partial charge is 0.263 e. The number of hydrogen-bond donors (Lipinski definition) is 1. The summed E-state index contributed by atoms with van der Waals surface area (Å²) in [6, 6.07) is 17.3. The van der Waals surface area contributed by atoms with Gasteiger partial charge in [0, 0.05) is 11.5 Å². The molecule has 1 amide bonds. The predicted octanol–water partition coefficient (Wildman–Crippen LogP) is 4.80. The van der Waals surface area contributed by atoms with Crippen LogP contribution >= 0.6 is 0 Å². The van der Waals surface area contributed by atoms with E-state index in [4.69, 9.17) is 9.84 Å². The van der Waals surface area contributed by atoms with Gasteiger partial charge in [0.2, 0.25) is 0 Å². The maximum absolute atomic E-state index is 12.5. The standard InChI is InChI=1S/C23H27N3O2/c1-16-10-9-13-19(17(16)2)26-21(14-20(25-26)23(3,4)5)24-22(27)15-28-18-11-7-6-8-12-18/h6-14H,15H2,1-5H3,(H,24,27). The fourth-order valence-electron chi connectivity index (χ4n) is 2.83. The molecule has 0 spiro atoms. The summed E-state index contributed by atoms with van der Waals surface area (Å²) in [5.41, 5.74) is 4.03. The van der Waals surface area contributed by atoms with Gasteiger partial charge in [-0.25, -0.2) is 4.68 Å². The SMILES string of the molecule is Cc1cccc(-n2nc(C(C)(C)C)cc2NC(=O)COc2ccccc2)c1C. The Morgan fingerprint density at radius 1 is 1.07 bits per heavy atom. The van der Waals surface area contributed by atoms with Gasteiger partial charge < -0.3 is 10.1 Å². The van der Waals surface area contributed by atoms with E-state index in [9.17, 15) is 4.79 Å². The van der Waals surface area contributed by atoms with Crippen molar-refractivity contribution in [3.05, 3.63) is 71.4 Å². The number of benzene rings is 2. The van der Waals surface area contributed by atoms with Crippen molar-refractivity contribution in [2.24, 2.45) is 0 Å². The van der Waals surface area contributed by atoms with Crippen molar-refractivity contribution in [2.45, 2.75) is 40.0 Å². The Hall–Kier alpha value is -3.08. The number of aromatic nitrogens is 2. The summed E-state index contributed by atoms with van der Waals surface area (Å²) in [5, 5.41) is 7.74. The van der Waals surface area contributed by atoms with Gasteiger partial charge in [0.15, 0.2) is 6.61 Å². The highest BCUT2D eigenvalue weighted by Gasteiger charge is 2.22. The maximum atomic E-state index is 12.5. The van der Waals surface area contributed by atoms with Crippen molar-refractivity contribution in [2.75, 3.05) is 11.9 Å². The van der Waals surface area contributed by atoms with Gasteiger partial charge in [-0.1, -0.05) is 51.1 Å². The molecule has 0 atom stereocenters. The average molecular weight is 377 g/mol. The summed E-state index contributed by atoms with van der Waals surface area (Å²) in [4.78, 5) is 12.5. The van der Waals surface area contributed by atoms with Crippen LogP contribution in [0.25, 0.3) is 5.69 Å². The number of amides is 1. The van der Waals surface area contributed by atoms with Gasteiger partial charge in [-0.15, -0.1) is 0 Å². The fourth-order valence-corrected chi connectivity index (χ4v) is 2.83. The van der Waals surface area contributed by atoms with E-state index in [2.05, 4.69) is 46.0 Å². The van der Waals surface area contributed by atoms with Crippen LogP contribution in [0.5, 0.6) is 5.75 Å². The first-order valence-corrected chi connectivity index (χ1v) is 9.40. The molecule has 3 aromatic rings. The molecule has 0 aliphatic heterocycles. The van der Waals surface area contributed by atoms with Gasteiger partial charge in [-0.3, -0.25) is 4.79 Å². The molecular weight excluding hydrogens is 350 g/mol. The second-order valence-electron chi connectivity index (χ2n) is 7.95. The number of carbonyl (C=O) groups is 1. The molecular formula is C23H27N3O2. The number of ether oxygens (including phenoxy) is 1. The summed E-state index contributed by atoms with van der Waals surface area (Å²) in [6.07, 6.45) is 0. The predicted molar refractivity (Wildman–Crippen MR) is 112 cm³/mol. The topological polar surface area (TPSA) is 56.2 Å². The van der Waals surface area contributed by atoms with Crippen molar-refractivity contribution >= 4 is 11.7 Å².